The highest BCUT2D eigenvalue weighted by Crippen LogP contribution is 2.37. The fourth-order valence-electron chi connectivity index (χ4n) is 2.44. The quantitative estimate of drug-likeness (QED) is 0.845. The SMILES string of the molecule is CS(=O)(=O)CCC(N)C(=O)CC1Cc2ccccc21. The van der Waals surface area contributed by atoms with E-state index in [1.807, 2.05) is 18.2 Å². The van der Waals surface area contributed by atoms with Crippen molar-refractivity contribution in [1.82, 2.24) is 0 Å². The minimum absolute atomic E-state index is 0.0266. The molecule has 0 radical (unpaired) electrons. The van der Waals surface area contributed by atoms with Gasteiger partial charge in [-0.1, -0.05) is 24.3 Å². The fourth-order valence-corrected chi connectivity index (χ4v) is 3.12. The molecule has 0 aromatic heterocycles. The van der Waals surface area contributed by atoms with Crippen molar-refractivity contribution in [2.75, 3.05) is 12.0 Å². The first-order chi connectivity index (χ1) is 8.87. The number of Topliss-reactive ketones (excluding diaryl/α,β-unsaturated/α-hetero) is 1. The maximum atomic E-state index is 12.0. The molecule has 1 aromatic rings. The Morgan fingerprint density at radius 1 is 1.42 bits per heavy atom. The lowest BCUT2D eigenvalue weighted by atomic mass is 9.74. The Labute approximate surface area is 113 Å². The molecule has 5 heteroatoms. The molecule has 0 bridgehead atoms. The van der Waals surface area contributed by atoms with Crippen LogP contribution in [-0.4, -0.2) is 32.3 Å². The van der Waals surface area contributed by atoms with Crippen LogP contribution in [0.4, 0.5) is 0 Å². The number of nitrogens with two attached hydrogens (primary N) is 1. The molecule has 2 unspecified atom stereocenters. The van der Waals surface area contributed by atoms with E-state index >= 15 is 0 Å². The molecule has 0 saturated heterocycles. The van der Waals surface area contributed by atoms with Gasteiger partial charge in [-0.2, -0.15) is 0 Å². The highest BCUT2D eigenvalue weighted by Gasteiger charge is 2.29. The molecule has 1 aliphatic carbocycles. The first-order valence-corrected chi connectivity index (χ1v) is 8.46. The van der Waals surface area contributed by atoms with E-state index < -0.39 is 15.9 Å². The van der Waals surface area contributed by atoms with E-state index in [1.165, 1.54) is 11.1 Å². The van der Waals surface area contributed by atoms with E-state index in [0.717, 1.165) is 12.7 Å². The van der Waals surface area contributed by atoms with Gasteiger partial charge in [0.2, 0.25) is 0 Å². The van der Waals surface area contributed by atoms with Crippen LogP contribution in [0, 0.1) is 0 Å². The van der Waals surface area contributed by atoms with Gasteiger partial charge in [0, 0.05) is 12.7 Å². The molecule has 1 aromatic carbocycles. The van der Waals surface area contributed by atoms with Crippen molar-refractivity contribution in [3.05, 3.63) is 35.4 Å². The van der Waals surface area contributed by atoms with Gasteiger partial charge in [-0.3, -0.25) is 4.79 Å². The van der Waals surface area contributed by atoms with Crippen molar-refractivity contribution >= 4 is 15.6 Å². The molecule has 2 atom stereocenters. The number of carbonyl (C=O) groups is 1. The van der Waals surface area contributed by atoms with Crippen molar-refractivity contribution in [1.29, 1.82) is 0 Å². The minimum atomic E-state index is -3.05. The third kappa shape index (κ3) is 3.64. The van der Waals surface area contributed by atoms with Crippen LogP contribution in [-0.2, 0) is 21.1 Å². The molecular formula is C14H19NO3S. The van der Waals surface area contributed by atoms with E-state index in [4.69, 9.17) is 5.73 Å². The van der Waals surface area contributed by atoms with Gasteiger partial charge in [0.05, 0.1) is 11.8 Å². The van der Waals surface area contributed by atoms with Gasteiger partial charge in [-0.05, 0) is 29.9 Å². The third-order valence-corrected chi connectivity index (χ3v) is 4.60. The molecule has 0 amide bonds. The number of hydrogen-bond acceptors (Lipinski definition) is 4. The average molecular weight is 281 g/mol. The van der Waals surface area contributed by atoms with Crippen LogP contribution >= 0.6 is 0 Å². The fraction of sp³-hybridized carbons (Fsp3) is 0.500. The van der Waals surface area contributed by atoms with Crippen molar-refractivity contribution in [2.45, 2.75) is 31.2 Å². The molecule has 2 rings (SSSR count). The number of fused-ring (bicyclic) bond motifs is 1. The Morgan fingerprint density at radius 2 is 2.11 bits per heavy atom. The summed E-state index contributed by atoms with van der Waals surface area (Å²) >= 11 is 0. The Hall–Kier alpha value is -1.20. The molecular weight excluding hydrogens is 262 g/mol. The lowest BCUT2D eigenvalue weighted by molar-refractivity contribution is -0.120. The number of carbonyl (C=O) groups excluding carboxylic acids is 1. The molecule has 19 heavy (non-hydrogen) atoms. The first kappa shape index (κ1) is 14.2. The van der Waals surface area contributed by atoms with Crippen LogP contribution < -0.4 is 5.73 Å². The number of ketones is 1. The Morgan fingerprint density at radius 3 is 2.74 bits per heavy atom. The summed E-state index contributed by atoms with van der Waals surface area (Å²) in [6.45, 7) is 0. The molecule has 0 aliphatic heterocycles. The molecule has 1 aliphatic rings. The maximum absolute atomic E-state index is 12.0. The molecule has 0 saturated carbocycles. The number of sulfone groups is 1. The van der Waals surface area contributed by atoms with Crippen LogP contribution in [0.1, 0.15) is 29.9 Å². The molecule has 4 nitrogen and oxygen atoms in total. The maximum Gasteiger partial charge on any atom is 0.150 e. The van der Waals surface area contributed by atoms with Gasteiger partial charge in [-0.25, -0.2) is 8.42 Å². The predicted octanol–water partition coefficient (Wildman–Crippen LogP) is 1.05. The predicted molar refractivity (Wildman–Crippen MR) is 74.8 cm³/mol. The summed E-state index contributed by atoms with van der Waals surface area (Å²) < 4.78 is 22.1. The average Bonchev–Trinajstić information content (AvgIpc) is 2.32. The lowest BCUT2D eigenvalue weighted by Crippen LogP contribution is -2.34. The highest BCUT2D eigenvalue weighted by atomic mass is 32.2. The first-order valence-electron chi connectivity index (χ1n) is 6.40. The zero-order valence-corrected chi connectivity index (χ0v) is 11.8. The van der Waals surface area contributed by atoms with Crippen LogP contribution in [0.5, 0.6) is 0 Å². The van der Waals surface area contributed by atoms with Crippen LogP contribution in [0.3, 0.4) is 0 Å². The smallest absolute Gasteiger partial charge is 0.150 e. The summed E-state index contributed by atoms with van der Waals surface area (Å²) in [6, 6.07) is 7.41. The van der Waals surface area contributed by atoms with Gasteiger partial charge >= 0.3 is 0 Å². The van der Waals surface area contributed by atoms with Gasteiger partial charge in [0.1, 0.15) is 15.6 Å². The van der Waals surface area contributed by atoms with Crippen LogP contribution in [0.25, 0.3) is 0 Å². The number of benzene rings is 1. The van der Waals surface area contributed by atoms with Gasteiger partial charge < -0.3 is 5.73 Å². The second-order valence-corrected chi connectivity index (χ2v) is 7.56. The van der Waals surface area contributed by atoms with Gasteiger partial charge in [0.15, 0.2) is 0 Å². The van der Waals surface area contributed by atoms with E-state index in [2.05, 4.69) is 6.07 Å². The second kappa shape index (κ2) is 5.43. The van der Waals surface area contributed by atoms with E-state index in [-0.39, 0.29) is 23.9 Å². The second-order valence-electron chi connectivity index (χ2n) is 5.30. The normalized spacial score (nSPS) is 19.4. The van der Waals surface area contributed by atoms with Crippen LogP contribution in [0.2, 0.25) is 0 Å². The molecule has 0 heterocycles. The Kier molecular flexibility index (Phi) is 4.06. The van der Waals surface area contributed by atoms with Gasteiger partial charge in [0.25, 0.3) is 0 Å². The van der Waals surface area contributed by atoms with E-state index in [1.54, 1.807) is 0 Å². The van der Waals surface area contributed by atoms with Crippen molar-refractivity contribution in [3.8, 4) is 0 Å². The van der Waals surface area contributed by atoms with Gasteiger partial charge in [-0.15, -0.1) is 0 Å². The summed E-state index contributed by atoms with van der Waals surface area (Å²) in [6.07, 6.45) is 2.71. The van der Waals surface area contributed by atoms with Crippen LogP contribution in [0.15, 0.2) is 24.3 Å². The zero-order valence-electron chi connectivity index (χ0n) is 11.0. The van der Waals surface area contributed by atoms with Crippen molar-refractivity contribution in [3.63, 3.8) is 0 Å². The zero-order chi connectivity index (χ0) is 14.0. The summed E-state index contributed by atoms with van der Waals surface area (Å²) in [5.74, 6) is 0.192. The topological polar surface area (TPSA) is 77.2 Å². The molecule has 2 N–H and O–H groups in total. The Bertz CT molecular complexity index is 580. The largest absolute Gasteiger partial charge is 0.321 e. The summed E-state index contributed by atoms with van der Waals surface area (Å²) in [5.41, 5.74) is 8.28. The van der Waals surface area contributed by atoms with E-state index in [0.29, 0.717) is 6.42 Å². The van der Waals surface area contributed by atoms with Crippen molar-refractivity contribution in [2.24, 2.45) is 5.73 Å². The van der Waals surface area contributed by atoms with Crippen molar-refractivity contribution < 1.29 is 13.2 Å². The molecule has 0 spiro atoms. The summed E-state index contributed by atoms with van der Waals surface area (Å²) in [5, 5.41) is 0. The monoisotopic (exact) mass is 281 g/mol. The van der Waals surface area contributed by atoms with E-state index in [9.17, 15) is 13.2 Å². The number of rotatable bonds is 6. The Balaban J connectivity index is 1.86. The molecule has 0 fully saturated rings. The standard InChI is InChI=1S/C14H19NO3S/c1-19(17,18)7-6-13(15)14(16)9-11-8-10-4-2-3-5-12(10)11/h2-5,11,13H,6-9,15H2,1H3. The number of hydrogen-bond donors (Lipinski definition) is 1. The lowest BCUT2D eigenvalue weighted by Gasteiger charge is -2.30. The summed E-state index contributed by atoms with van der Waals surface area (Å²) in [4.78, 5) is 12.0. The summed E-state index contributed by atoms with van der Waals surface area (Å²) in [7, 11) is -3.05. The highest BCUT2D eigenvalue weighted by molar-refractivity contribution is 7.90. The minimum Gasteiger partial charge on any atom is -0.321 e. The molecule has 104 valence electrons. The third-order valence-electron chi connectivity index (χ3n) is 3.62.